The molecule has 0 spiro atoms. The molecule has 0 N–H and O–H groups in total. The van der Waals surface area contributed by atoms with Crippen LogP contribution in [0.15, 0.2) is 54.6 Å². The molecule has 2 aromatic rings. The van der Waals surface area contributed by atoms with Crippen LogP contribution in [-0.4, -0.2) is 0 Å². The maximum absolute atomic E-state index is 3.94. The Morgan fingerprint density at radius 2 is 1.17 bits per heavy atom. The van der Waals surface area contributed by atoms with Gasteiger partial charge >= 0.3 is 0 Å². The molecule has 0 radical (unpaired) electrons. The van der Waals surface area contributed by atoms with E-state index in [1.165, 1.54) is 65.5 Å². The van der Waals surface area contributed by atoms with Gasteiger partial charge in [-0.3, -0.25) is 0 Å². The monoisotopic (exact) mass is 485 g/mol. The van der Waals surface area contributed by atoms with Crippen LogP contribution in [0.2, 0.25) is 0 Å². The van der Waals surface area contributed by atoms with Gasteiger partial charge in [0, 0.05) is 0 Å². The SMILES string of the molecule is C=C(C)Cc1ccc(C(C)CCC)cc1.CC.CC.CCC.CCCC.Cc1ccc(C)c(C)c1. The molecule has 0 heteroatoms. The van der Waals surface area contributed by atoms with E-state index in [9.17, 15) is 0 Å². The van der Waals surface area contributed by atoms with Crippen LogP contribution in [0.4, 0.5) is 0 Å². The first kappa shape index (κ1) is 40.4. The zero-order chi connectivity index (χ0) is 28.2. The summed E-state index contributed by atoms with van der Waals surface area (Å²) in [5.41, 5.74) is 8.16. The van der Waals surface area contributed by atoms with Crippen molar-refractivity contribution < 1.29 is 0 Å². The van der Waals surface area contributed by atoms with Gasteiger partial charge in [-0.1, -0.05) is 155 Å². The molecule has 0 heterocycles. The second-order valence-electron chi connectivity index (χ2n) is 8.86. The van der Waals surface area contributed by atoms with Gasteiger partial charge in [0.1, 0.15) is 0 Å². The standard InChI is InChI=1S/C15H22.C9H12.C4H10.C3H8.2C2H6/c1-5-6-13(4)15-9-7-14(8-10-15)11-12(2)3;1-7-4-5-8(2)9(3)6-7;1-3-4-2;1-3-2;2*1-2/h7-10,13H,2,5-6,11H2,1,3-4H3;4-6H,1-3H3;3-4H2,1-2H3;3H2,1-2H3;2*1-2H3. The normalized spacial score (nSPS) is 9.54. The number of hydrogen-bond acceptors (Lipinski definition) is 0. The molecule has 0 amide bonds. The highest BCUT2D eigenvalue weighted by molar-refractivity contribution is 5.29. The minimum Gasteiger partial charge on any atom is -0.0998 e. The maximum Gasteiger partial charge on any atom is -0.00726 e. The second kappa shape index (κ2) is 30.2. The highest BCUT2D eigenvalue weighted by Crippen LogP contribution is 2.21. The van der Waals surface area contributed by atoms with Gasteiger partial charge in [0.25, 0.3) is 0 Å². The van der Waals surface area contributed by atoms with E-state index in [4.69, 9.17) is 0 Å². The van der Waals surface area contributed by atoms with E-state index in [1.54, 1.807) is 0 Å². The predicted octanol–water partition coefficient (Wildman–Crippen LogP) is 12.6. The summed E-state index contributed by atoms with van der Waals surface area (Å²) >= 11 is 0. The number of unbranched alkanes of at least 4 members (excludes halogenated alkanes) is 1. The summed E-state index contributed by atoms with van der Waals surface area (Å²) < 4.78 is 0. The number of rotatable bonds is 6. The Hall–Kier alpha value is -1.82. The maximum atomic E-state index is 3.94. The average molecular weight is 485 g/mol. The van der Waals surface area contributed by atoms with E-state index >= 15 is 0 Å². The van der Waals surface area contributed by atoms with Gasteiger partial charge in [-0.25, -0.2) is 0 Å². The third-order valence-electron chi connectivity index (χ3n) is 4.94. The minimum atomic E-state index is 0.689. The summed E-state index contributed by atoms with van der Waals surface area (Å²) in [4.78, 5) is 0. The lowest BCUT2D eigenvalue weighted by molar-refractivity contribution is 0.665. The summed E-state index contributed by atoms with van der Waals surface area (Å²) in [6.45, 7) is 33.6. The summed E-state index contributed by atoms with van der Waals surface area (Å²) in [6, 6.07) is 15.5. The quantitative estimate of drug-likeness (QED) is 0.357. The smallest absolute Gasteiger partial charge is 0.00726 e. The summed E-state index contributed by atoms with van der Waals surface area (Å²) in [6.07, 6.45) is 7.43. The van der Waals surface area contributed by atoms with E-state index in [0.29, 0.717) is 5.92 Å². The van der Waals surface area contributed by atoms with Crippen molar-refractivity contribution in [1.82, 2.24) is 0 Å². The van der Waals surface area contributed by atoms with Crippen molar-refractivity contribution in [2.75, 3.05) is 0 Å². The van der Waals surface area contributed by atoms with Crippen molar-refractivity contribution in [2.24, 2.45) is 0 Å². The lowest BCUT2D eigenvalue weighted by Crippen LogP contribution is -1.93. The highest BCUT2D eigenvalue weighted by Gasteiger charge is 2.03. The zero-order valence-corrected chi connectivity index (χ0v) is 26.6. The van der Waals surface area contributed by atoms with Crippen molar-refractivity contribution >= 4 is 0 Å². The molecule has 2 rings (SSSR count). The van der Waals surface area contributed by atoms with Gasteiger partial charge in [-0.05, 0) is 68.7 Å². The molecule has 2 aromatic carbocycles. The number of allylic oxidation sites excluding steroid dienone is 1. The summed E-state index contributed by atoms with van der Waals surface area (Å²) in [5, 5.41) is 0. The van der Waals surface area contributed by atoms with Crippen LogP contribution >= 0.6 is 0 Å². The molecule has 0 fully saturated rings. The third-order valence-corrected chi connectivity index (χ3v) is 4.94. The number of benzene rings is 2. The van der Waals surface area contributed by atoms with Crippen LogP contribution < -0.4 is 0 Å². The summed E-state index contributed by atoms with van der Waals surface area (Å²) in [7, 11) is 0. The fourth-order valence-electron chi connectivity index (χ4n) is 2.80. The molecule has 1 unspecified atom stereocenters. The molecule has 0 aromatic heterocycles. The molecule has 35 heavy (non-hydrogen) atoms. The lowest BCUT2D eigenvalue weighted by atomic mass is 9.95. The van der Waals surface area contributed by atoms with E-state index in [2.05, 4.69) is 118 Å². The summed E-state index contributed by atoms with van der Waals surface area (Å²) in [5.74, 6) is 0.689. The van der Waals surface area contributed by atoms with E-state index in [1.807, 2.05) is 27.7 Å². The van der Waals surface area contributed by atoms with Crippen LogP contribution in [0.25, 0.3) is 0 Å². The Bertz CT molecular complexity index is 674. The van der Waals surface area contributed by atoms with Gasteiger partial charge < -0.3 is 0 Å². The lowest BCUT2D eigenvalue weighted by Gasteiger charge is -2.11. The second-order valence-corrected chi connectivity index (χ2v) is 8.86. The van der Waals surface area contributed by atoms with E-state index in [-0.39, 0.29) is 0 Å². The first-order valence-electron chi connectivity index (χ1n) is 14.4. The topological polar surface area (TPSA) is 0 Å². The Morgan fingerprint density at radius 1 is 0.714 bits per heavy atom. The molecule has 0 bridgehead atoms. The average Bonchev–Trinajstić information content (AvgIpc) is 2.85. The van der Waals surface area contributed by atoms with Gasteiger partial charge in [0.15, 0.2) is 0 Å². The van der Waals surface area contributed by atoms with E-state index in [0.717, 1.165) is 6.42 Å². The molecule has 0 aliphatic heterocycles. The first-order chi connectivity index (χ1) is 16.7. The van der Waals surface area contributed by atoms with Gasteiger partial charge in [0.05, 0.1) is 0 Å². The predicted molar refractivity (Wildman–Crippen MR) is 168 cm³/mol. The molecular formula is C35H64. The van der Waals surface area contributed by atoms with E-state index < -0.39 is 0 Å². The molecule has 204 valence electrons. The molecule has 0 nitrogen and oxygen atoms in total. The van der Waals surface area contributed by atoms with Crippen LogP contribution in [0, 0.1) is 20.8 Å². The van der Waals surface area contributed by atoms with Crippen LogP contribution in [0.1, 0.15) is 142 Å². The zero-order valence-electron chi connectivity index (χ0n) is 26.6. The fraction of sp³-hybridized carbons (Fsp3) is 0.600. The van der Waals surface area contributed by atoms with Gasteiger partial charge in [0.2, 0.25) is 0 Å². The molecule has 0 saturated heterocycles. The number of aryl methyl sites for hydroxylation is 3. The van der Waals surface area contributed by atoms with Crippen molar-refractivity contribution in [3.63, 3.8) is 0 Å². The fourth-order valence-corrected chi connectivity index (χ4v) is 2.80. The molecule has 0 aliphatic carbocycles. The van der Waals surface area contributed by atoms with Gasteiger partial charge in [-0.15, -0.1) is 0 Å². The first-order valence-corrected chi connectivity index (χ1v) is 14.4. The van der Waals surface area contributed by atoms with Gasteiger partial charge in [-0.2, -0.15) is 0 Å². The molecule has 0 saturated carbocycles. The number of hydrogen-bond donors (Lipinski definition) is 0. The van der Waals surface area contributed by atoms with Crippen molar-refractivity contribution in [1.29, 1.82) is 0 Å². The molecule has 0 aliphatic rings. The van der Waals surface area contributed by atoms with Crippen molar-refractivity contribution in [3.05, 3.63) is 82.4 Å². The Labute approximate surface area is 223 Å². The van der Waals surface area contributed by atoms with Crippen LogP contribution in [0.5, 0.6) is 0 Å². The largest absolute Gasteiger partial charge is 0.0998 e. The Kier molecular flexibility index (Phi) is 34.8. The van der Waals surface area contributed by atoms with Crippen LogP contribution in [-0.2, 0) is 6.42 Å². The molecule has 1 atom stereocenters. The van der Waals surface area contributed by atoms with Crippen molar-refractivity contribution in [2.45, 2.75) is 141 Å². The third kappa shape index (κ3) is 26.6. The Morgan fingerprint density at radius 3 is 1.49 bits per heavy atom. The molecular weight excluding hydrogens is 420 g/mol. The Balaban J connectivity index is -0.000000204. The van der Waals surface area contributed by atoms with Crippen LogP contribution in [0.3, 0.4) is 0 Å². The highest BCUT2D eigenvalue weighted by atomic mass is 14.1. The minimum absolute atomic E-state index is 0.689. The van der Waals surface area contributed by atoms with Crippen molar-refractivity contribution in [3.8, 4) is 0 Å².